The normalized spacial score (nSPS) is 47.1. The summed E-state index contributed by atoms with van der Waals surface area (Å²) in [6.07, 6.45) is 1.96. The van der Waals surface area contributed by atoms with Crippen molar-refractivity contribution >= 4 is 7.37 Å². The summed E-state index contributed by atoms with van der Waals surface area (Å²) >= 11 is 0. The van der Waals surface area contributed by atoms with E-state index in [2.05, 4.69) is 0 Å². The van der Waals surface area contributed by atoms with Crippen molar-refractivity contribution in [2.75, 3.05) is 0 Å². The van der Waals surface area contributed by atoms with Crippen molar-refractivity contribution in [1.29, 1.82) is 0 Å². The van der Waals surface area contributed by atoms with Crippen molar-refractivity contribution in [2.45, 2.75) is 106 Å². The lowest BCUT2D eigenvalue weighted by molar-refractivity contribution is 0.0471. The largest absolute Gasteiger partial charge is 0.344 e. The van der Waals surface area contributed by atoms with Gasteiger partial charge in [0, 0.05) is 5.92 Å². The van der Waals surface area contributed by atoms with Gasteiger partial charge in [-0.15, -0.1) is 0 Å². The lowest BCUT2D eigenvalue weighted by Gasteiger charge is -2.52. The molecular formula is C18H30F3O2P. The highest BCUT2D eigenvalue weighted by molar-refractivity contribution is 7.60. The van der Waals surface area contributed by atoms with Crippen LogP contribution in [-0.2, 0) is 4.57 Å². The lowest BCUT2D eigenvalue weighted by Crippen LogP contribution is -2.55. The highest BCUT2D eigenvalue weighted by Crippen LogP contribution is 2.71. The summed E-state index contributed by atoms with van der Waals surface area (Å²) in [4.78, 5) is 11.1. The third-order valence-corrected chi connectivity index (χ3v) is 10.4. The van der Waals surface area contributed by atoms with Gasteiger partial charge in [-0.25, -0.2) is 13.2 Å². The summed E-state index contributed by atoms with van der Waals surface area (Å²) in [7, 11) is -4.18. The Kier molecular flexibility index (Phi) is 5.71. The molecule has 0 bridgehead atoms. The molecule has 6 heteroatoms. The van der Waals surface area contributed by atoms with Gasteiger partial charge in [0.15, 0.2) is 0 Å². The van der Waals surface area contributed by atoms with Gasteiger partial charge in [-0.1, -0.05) is 38.5 Å². The van der Waals surface area contributed by atoms with E-state index in [0.717, 1.165) is 12.8 Å². The first kappa shape index (κ1) is 18.8. The van der Waals surface area contributed by atoms with Gasteiger partial charge in [-0.05, 0) is 38.5 Å². The van der Waals surface area contributed by atoms with Crippen LogP contribution in [0.5, 0.6) is 0 Å². The summed E-state index contributed by atoms with van der Waals surface area (Å²) in [5, 5.41) is -1.56. The van der Waals surface area contributed by atoms with Gasteiger partial charge in [0.2, 0.25) is 7.37 Å². The van der Waals surface area contributed by atoms with Crippen LogP contribution < -0.4 is 0 Å². The van der Waals surface area contributed by atoms with Crippen molar-refractivity contribution in [3.63, 3.8) is 0 Å². The van der Waals surface area contributed by atoms with Crippen LogP contribution >= 0.6 is 7.37 Å². The van der Waals surface area contributed by atoms with Crippen LogP contribution in [0.3, 0.4) is 0 Å². The summed E-state index contributed by atoms with van der Waals surface area (Å²) in [6.45, 7) is 0. The lowest BCUT2D eigenvalue weighted by atomic mass is 9.70. The third kappa shape index (κ3) is 2.98. The smallest absolute Gasteiger partial charge is 0.215 e. The summed E-state index contributed by atoms with van der Waals surface area (Å²) in [5.41, 5.74) is -1.00. The molecule has 0 aromatic rings. The monoisotopic (exact) mass is 366 g/mol. The number of hydrogen-bond acceptors (Lipinski definition) is 1. The minimum atomic E-state index is -4.18. The van der Waals surface area contributed by atoms with Gasteiger partial charge < -0.3 is 4.89 Å². The van der Waals surface area contributed by atoms with Crippen molar-refractivity contribution in [1.82, 2.24) is 0 Å². The van der Waals surface area contributed by atoms with E-state index in [1.54, 1.807) is 0 Å². The highest BCUT2D eigenvalue weighted by atomic mass is 31.2. The van der Waals surface area contributed by atoms with E-state index in [-0.39, 0.29) is 19.3 Å². The zero-order valence-electron chi connectivity index (χ0n) is 14.3. The Morgan fingerprint density at radius 3 is 2.00 bits per heavy atom. The second kappa shape index (κ2) is 7.31. The standard InChI is InChI=1S/C18H30F3O2P/c19-14-8-2-1-7-13(14)18(12-6-5-11-17(18)21)24(22,23)16-10-4-3-9-15(16)20/h13-17H,1-12H2,(H,22,23). The average Bonchev–Trinajstić information content (AvgIpc) is 2.56. The fraction of sp³-hybridized carbons (Fsp3) is 1.00. The summed E-state index contributed by atoms with van der Waals surface area (Å²) in [6, 6.07) is 0. The van der Waals surface area contributed by atoms with Crippen LogP contribution in [0.1, 0.15) is 77.0 Å². The molecule has 24 heavy (non-hydrogen) atoms. The quantitative estimate of drug-likeness (QED) is 0.649. The van der Waals surface area contributed by atoms with Crippen LogP contribution in [0.15, 0.2) is 0 Å². The zero-order valence-corrected chi connectivity index (χ0v) is 15.2. The molecule has 0 aromatic heterocycles. The minimum absolute atomic E-state index is 0.206. The highest BCUT2D eigenvalue weighted by Gasteiger charge is 2.64. The van der Waals surface area contributed by atoms with Crippen LogP contribution in [0, 0.1) is 5.92 Å². The van der Waals surface area contributed by atoms with Crippen LogP contribution in [0.4, 0.5) is 13.2 Å². The molecular weight excluding hydrogens is 336 g/mol. The molecule has 0 amide bonds. The molecule has 0 aromatic carbocycles. The molecule has 0 aliphatic heterocycles. The minimum Gasteiger partial charge on any atom is -0.344 e. The predicted molar refractivity (Wildman–Crippen MR) is 89.9 cm³/mol. The average molecular weight is 366 g/mol. The Hall–Kier alpha value is -0.0200. The molecule has 140 valence electrons. The topological polar surface area (TPSA) is 37.3 Å². The van der Waals surface area contributed by atoms with Crippen molar-refractivity contribution in [3.05, 3.63) is 0 Å². The first-order valence-electron chi connectivity index (χ1n) is 9.66. The Labute approximate surface area is 143 Å². The van der Waals surface area contributed by atoms with Gasteiger partial charge in [0.1, 0.15) is 18.5 Å². The van der Waals surface area contributed by atoms with Crippen molar-refractivity contribution in [3.8, 4) is 0 Å². The maximum absolute atomic E-state index is 15.2. The second-order valence-corrected chi connectivity index (χ2v) is 10.8. The van der Waals surface area contributed by atoms with Crippen LogP contribution in [0.25, 0.3) is 0 Å². The molecule has 2 nitrogen and oxygen atoms in total. The Bertz CT molecular complexity index is 489. The van der Waals surface area contributed by atoms with Gasteiger partial charge >= 0.3 is 0 Å². The van der Waals surface area contributed by atoms with E-state index < -0.39 is 42.6 Å². The first-order valence-corrected chi connectivity index (χ1v) is 11.4. The van der Waals surface area contributed by atoms with E-state index >= 15 is 4.39 Å². The second-order valence-electron chi connectivity index (χ2n) is 8.10. The molecule has 3 fully saturated rings. The number of rotatable bonds is 3. The zero-order chi connectivity index (χ0) is 17.4. The van der Waals surface area contributed by atoms with Crippen molar-refractivity contribution < 1.29 is 22.6 Å². The molecule has 3 aliphatic rings. The van der Waals surface area contributed by atoms with E-state index in [4.69, 9.17) is 0 Å². The van der Waals surface area contributed by atoms with Crippen LogP contribution in [0.2, 0.25) is 0 Å². The number of halogens is 3. The van der Waals surface area contributed by atoms with Gasteiger partial charge in [0.05, 0.1) is 10.8 Å². The maximum atomic E-state index is 15.2. The van der Waals surface area contributed by atoms with Gasteiger partial charge in [-0.2, -0.15) is 0 Å². The molecule has 0 heterocycles. The molecule has 3 aliphatic carbocycles. The molecule has 7 unspecified atom stereocenters. The predicted octanol–water partition coefficient (Wildman–Crippen LogP) is 5.72. The fourth-order valence-electron chi connectivity index (χ4n) is 5.57. The molecule has 7 atom stereocenters. The number of hydrogen-bond donors (Lipinski definition) is 1. The maximum Gasteiger partial charge on any atom is 0.215 e. The van der Waals surface area contributed by atoms with Gasteiger partial charge in [-0.3, -0.25) is 4.57 Å². The van der Waals surface area contributed by atoms with E-state index in [1.807, 2.05) is 0 Å². The Balaban J connectivity index is 2.01. The van der Waals surface area contributed by atoms with E-state index in [1.165, 1.54) is 0 Å². The first-order chi connectivity index (χ1) is 11.4. The summed E-state index contributed by atoms with van der Waals surface area (Å²) in [5.74, 6) is -0.730. The molecule has 0 spiro atoms. The molecule has 0 saturated heterocycles. The van der Waals surface area contributed by atoms with E-state index in [9.17, 15) is 18.2 Å². The Morgan fingerprint density at radius 1 is 0.792 bits per heavy atom. The Morgan fingerprint density at radius 2 is 1.38 bits per heavy atom. The van der Waals surface area contributed by atoms with Gasteiger partial charge in [0.25, 0.3) is 0 Å². The molecule has 3 saturated carbocycles. The molecule has 3 rings (SSSR count). The fourth-order valence-corrected chi connectivity index (χ4v) is 9.08. The summed E-state index contributed by atoms with van der Waals surface area (Å²) < 4.78 is 58.1. The SMILES string of the molecule is O=P(O)(C1CCCCC1F)C1(C2CCCCC2F)CCCCC1F. The number of alkyl halides is 3. The molecule has 0 radical (unpaired) electrons. The molecule has 1 N–H and O–H groups in total. The third-order valence-electron chi connectivity index (χ3n) is 6.84. The van der Waals surface area contributed by atoms with E-state index in [0.29, 0.717) is 44.9 Å². The van der Waals surface area contributed by atoms with Crippen molar-refractivity contribution in [2.24, 2.45) is 5.92 Å². The van der Waals surface area contributed by atoms with Crippen LogP contribution in [-0.4, -0.2) is 34.2 Å².